The number of carboxylic acids is 1. The minimum Gasteiger partial charge on any atom is -0.478 e. The maximum absolute atomic E-state index is 12.5. The fourth-order valence-corrected chi connectivity index (χ4v) is 5.05. The quantitative estimate of drug-likeness (QED) is 0.848. The zero-order valence-electron chi connectivity index (χ0n) is 10.5. The van der Waals surface area contributed by atoms with Crippen LogP contribution >= 0.6 is 11.8 Å². The van der Waals surface area contributed by atoms with Crippen molar-refractivity contribution in [1.29, 1.82) is 0 Å². The first-order valence-corrected chi connectivity index (χ1v) is 8.24. The zero-order valence-corrected chi connectivity index (χ0v) is 12.2. The number of H-pyrrole nitrogens is 1. The number of aromatic carboxylic acids is 1. The van der Waals surface area contributed by atoms with Gasteiger partial charge in [-0.2, -0.15) is 21.2 Å². The van der Waals surface area contributed by atoms with Gasteiger partial charge in [0.05, 0.1) is 6.20 Å². The van der Waals surface area contributed by atoms with Crippen LogP contribution in [0.25, 0.3) is 0 Å². The molecule has 1 aromatic heterocycles. The highest BCUT2D eigenvalue weighted by atomic mass is 32.2. The van der Waals surface area contributed by atoms with Crippen LogP contribution in [0.3, 0.4) is 0 Å². The number of sulfonamides is 1. The molecule has 0 aliphatic carbocycles. The molecule has 2 unspecified atom stereocenters. The zero-order chi connectivity index (χ0) is 14.2. The Hall–Kier alpha value is -1.06. The Bertz CT molecular complexity index is 583. The third-order valence-corrected chi connectivity index (χ3v) is 6.53. The number of carbonyl (C=O) groups is 1. The summed E-state index contributed by atoms with van der Waals surface area (Å²) >= 11 is 1.71. The van der Waals surface area contributed by atoms with Crippen LogP contribution in [0.15, 0.2) is 11.2 Å². The summed E-state index contributed by atoms with van der Waals surface area (Å²) in [6, 6.07) is -0.186. The van der Waals surface area contributed by atoms with E-state index in [1.54, 1.807) is 11.8 Å². The lowest BCUT2D eigenvalue weighted by atomic mass is 10.2. The van der Waals surface area contributed by atoms with Crippen molar-refractivity contribution in [3.05, 3.63) is 11.8 Å². The summed E-state index contributed by atoms with van der Waals surface area (Å²) in [6.07, 6.45) is 1.02. The van der Waals surface area contributed by atoms with Gasteiger partial charge in [-0.3, -0.25) is 5.10 Å². The molecule has 19 heavy (non-hydrogen) atoms. The van der Waals surface area contributed by atoms with Crippen molar-refractivity contribution in [3.63, 3.8) is 0 Å². The molecule has 1 aliphatic heterocycles. The number of hydrogen-bond donors (Lipinski definition) is 2. The van der Waals surface area contributed by atoms with Crippen LogP contribution in [-0.2, 0) is 10.0 Å². The third-order valence-electron chi connectivity index (χ3n) is 3.23. The third kappa shape index (κ3) is 2.49. The van der Waals surface area contributed by atoms with E-state index in [0.29, 0.717) is 12.3 Å². The minimum absolute atomic E-state index is 0.166. The predicted molar refractivity (Wildman–Crippen MR) is 70.8 cm³/mol. The van der Waals surface area contributed by atoms with Gasteiger partial charge in [0.2, 0.25) is 0 Å². The van der Waals surface area contributed by atoms with Crippen molar-refractivity contribution >= 4 is 27.8 Å². The van der Waals surface area contributed by atoms with E-state index in [4.69, 9.17) is 5.11 Å². The second-order valence-corrected chi connectivity index (χ2v) is 7.66. The standard InChI is InChI=1S/C10H15N3O4S2/c1-6-7(2)18-4-3-13(6)19(16,17)9-8(10(14)15)5-11-12-9/h5-7H,3-4H2,1-2H3,(H,11,12)(H,14,15). The highest BCUT2D eigenvalue weighted by Gasteiger charge is 2.38. The maximum atomic E-state index is 12.5. The number of hydrogen-bond acceptors (Lipinski definition) is 5. The summed E-state index contributed by atoms with van der Waals surface area (Å²) in [5.41, 5.74) is -0.321. The number of thioether (sulfide) groups is 1. The SMILES string of the molecule is CC1SCCN(S(=O)(=O)c2[nH]ncc2C(=O)O)C1C. The van der Waals surface area contributed by atoms with Crippen LogP contribution in [0.5, 0.6) is 0 Å². The molecule has 1 aliphatic rings. The molecule has 2 rings (SSSR count). The van der Waals surface area contributed by atoms with Gasteiger partial charge in [-0.1, -0.05) is 6.92 Å². The molecule has 1 aromatic rings. The monoisotopic (exact) mass is 305 g/mol. The highest BCUT2D eigenvalue weighted by Crippen LogP contribution is 2.29. The molecule has 0 bridgehead atoms. The molecular weight excluding hydrogens is 290 g/mol. The molecule has 2 atom stereocenters. The lowest BCUT2D eigenvalue weighted by Gasteiger charge is -2.35. The van der Waals surface area contributed by atoms with Gasteiger partial charge in [0.25, 0.3) is 10.0 Å². The first-order chi connectivity index (χ1) is 8.85. The molecule has 2 heterocycles. The highest BCUT2D eigenvalue weighted by molar-refractivity contribution is 8.00. The molecular formula is C10H15N3O4S2. The van der Waals surface area contributed by atoms with E-state index in [1.165, 1.54) is 4.31 Å². The summed E-state index contributed by atoms with van der Waals surface area (Å²) in [7, 11) is -3.86. The molecule has 0 saturated carbocycles. The van der Waals surface area contributed by atoms with Crippen LogP contribution in [0.4, 0.5) is 0 Å². The van der Waals surface area contributed by atoms with Crippen molar-refractivity contribution in [2.75, 3.05) is 12.3 Å². The molecule has 9 heteroatoms. The van der Waals surface area contributed by atoms with E-state index < -0.39 is 16.0 Å². The Kier molecular flexibility index (Phi) is 3.88. The number of nitrogens with one attached hydrogen (secondary N) is 1. The van der Waals surface area contributed by atoms with Crippen LogP contribution in [0, 0.1) is 0 Å². The van der Waals surface area contributed by atoms with Gasteiger partial charge >= 0.3 is 5.97 Å². The first-order valence-electron chi connectivity index (χ1n) is 5.76. The van der Waals surface area contributed by atoms with Crippen LogP contribution in [0.2, 0.25) is 0 Å². The predicted octanol–water partition coefficient (Wildman–Crippen LogP) is 0.622. The van der Waals surface area contributed by atoms with Gasteiger partial charge in [-0.05, 0) is 6.92 Å². The second kappa shape index (κ2) is 5.14. The van der Waals surface area contributed by atoms with Crippen molar-refractivity contribution in [1.82, 2.24) is 14.5 Å². The molecule has 0 aromatic carbocycles. The smallest absolute Gasteiger partial charge is 0.340 e. The van der Waals surface area contributed by atoms with E-state index in [1.807, 2.05) is 13.8 Å². The molecule has 0 radical (unpaired) electrons. The number of nitrogens with zero attached hydrogens (tertiary/aromatic N) is 2. The maximum Gasteiger partial charge on any atom is 0.340 e. The fraction of sp³-hybridized carbons (Fsp3) is 0.600. The number of aromatic nitrogens is 2. The summed E-state index contributed by atoms with van der Waals surface area (Å²) in [5.74, 6) is -0.610. The molecule has 2 N–H and O–H groups in total. The van der Waals surface area contributed by atoms with Crippen LogP contribution in [-0.4, -0.2) is 57.6 Å². The molecule has 7 nitrogen and oxygen atoms in total. The van der Waals surface area contributed by atoms with Crippen molar-refractivity contribution < 1.29 is 18.3 Å². The lowest BCUT2D eigenvalue weighted by molar-refractivity contribution is 0.0692. The Labute approximate surface area is 115 Å². The topological polar surface area (TPSA) is 103 Å². The van der Waals surface area contributed by atoms with E-state index in [2.05, 4.69) is 10.2 Å². The van der Waals surface area contributed by atoms with Crippen molar-refractivity contribution in [2.45, 2.75) is 30.2 Å². The van der Waals surface area contributed by atoms with Crippen LogP contribution in [0.1, 0.15) is 24.2 Å². The van der Waals surface area contributed by atoms with E-state index in [9.17, 15) is 13.2 Å². The van der Waals surface area contributed by atoms with Crippen LogP contribution < -0.4 is 0 Å². The van der Waals surface area contributed by atoms with E-state index in [-0.39, 0.29) is 21.9 Å². The van der Waals surface area contributed by atoms with Gasteiger partial charge in [-0.25, -0.2) is 13.2 Å². The largest absolute Gasteiger partial charge is 0.478 e. The Morgan fingerprint density at radius 3 is 2.89 bits per heavy atom. The summed E-state index contributed by atoms with van der Waals surface area (Å²) in [6.45, 7) is 4.16. The summed E-state index contributed by atoms with van der Waals surface area (Å²) in [4.78, 5) is 11.0. The molecule has 1 saturated heterocycles. The van der Waals surface area contributed by atoms with Gasteiger partial charge in [0.1, 0.15) is 5.56 Å². The molecule has 106 valence electrons. The number of aromatic amines is 1. The molecule has 0 amide bonds. The van der Waals surface area contributed by atoms with Gasteiger partial charge in [0, 0.05) is 23.6 Å². The average Bonchev–Trinajstić information content (AvgIpc) is 2.82. The second-order valence-electron chi connectivity index (χ2n) is 4.35. The molecule has 1 fully saturated rings. The normalized spacial score (nSPS) is 25.4. The average molecular weight is 305 g/mol. The van der Waals surface area contributed by atoms with Crippen molar-refractivity contribution in [2.24, 2.45) is 0 Å². The Balaban J connectivity index is 2.42. The number of carboxylic acid groups (broad SMARTS) is 1. The minimum atomic E-state index is -3.86. The fourth-order valence-electron chi connectivity index (χ4n) is 1.99. The first kappa shape index (κ1) is 14.4. The van der Waals surface area contributed by atoms with Gasteiger partial charge in [0.15, 0.2) is 5.03 Å². The van der Waals surface area contributed by atoms with E-state index in [0.717, 1.165) is 6.20 Å². The van der Waals surface area contributed by atoms with Gasteiger partial charge in [-0.15, -0.1) is 0 Å². The summed E-state index contributed by atoms with van der Waals surface area (Å²) in [5, 5.41) is 14.6. The number of rotatable bonds is 3. The lowest BCUT2D eigenvalue weighted by Crippen LogP contribution is -2.48. The van der Waals surface area contributed by atoms with Gasteiger partial charge < -0.3 is 5.11 Å². The Morgan fingerprint density at radius 1 is 1.58 bits per heavy atom. The Morgan fingerprint density at radius 2 is 2.26 bits per heavy atom. The molecule has 0 spiro atoms. The van der Waals surface area contributed by atoms with E-state index >= 15 is 0 Å². The van der Waals surface area contributed by atoms with Crippen molar-refractivity contribution in [3.8, 4) is 0 Å². The summed E-state index contributed by atoms with van der Waals surface area (Å²) < 4.78 is 26.4.